The SMILES string of the molecule is CSc1ccc(NCc2ccc(Br)s2)cn1. The molecule has 0 bridgehead atoms. The second-order valence-electron chi connectivity index (χ2n) is 3.15. The second kappa shape index (κ2) is 5.70. The Morgan fingerprint density at radius 1 is 1.38 bits per heavy atom. The van der Waals surface area contributed by atoms with E-state index in [4.69, 9.17) is 0 Å². The first-order valence-electron chi connectivity index (χ1n) is 4.76. The molecule has 0 aliphatic rings. The van der Waals surface area contributed by atoms with Gasteiger partial charge in [-0.15, -0.1) is 23.1 Å². The molecule has 0 atom stereocenters. The molecule has 0 aliphatic heterocycles. The van der Waals surface area contributed by atoms with Crippen LogP contribution in [0, 0.1) is 0 Å². The first-order valence-corrected chi connectivity index (χ1v) is 7.59. The standard InChI is InChI=1S/C11H11BrN2S2/c1-15-11-5-2-8(6-14-11)13-7-9-3-4-10(12)16-9/h2-6,13H,7H2,1H3. The van der Waals surface area contributed by atoms with Gasteiger partial charge in [0.1, 0.15) is 0 Å². The lowest BCUT2D eigenvalue weighted by atomic mass is 10.4. The lowest BCUT2D eigenvalue weighted by Gasteiger charge is -2.04. The van der Waals surface area contributed by atoms with E-state index < -0.39 is 0 Å². The summed E-state index contributed by atoms with van der Waals surface area (Å²) in [6.07, 6.45) is 3.90. The van der Waals surface area contributed by atoms with Gasteiger partial charge in [0.2, 0.25) is 0 Å². The number of thiophene rings is 1. The smallest absolute Gasteiger partial charge is 0.0958 e. The highest BCUT2D eigenvalue weighted by atomic mass is 79.9. The predicted octanol–water partition coefficient (Wildman–Crippen LogP) is 4.24. The summed E-state index contributed by atoms with van der Waals surface area (Å²) in [5.41, 5.74) is 1.06. The van der Waals surface area contributed by atoms with Gasteiger partial charge in [0.15, 0.2) is 0 Å². The van der Waals surface area contributed by atoms with Gasteiger partial charge >= 0.3 is 0 Å². The highest BCUT2D eigenvalue weighted by Gasteiger charge is 1.98. The van der Waals surface area contributed by atoms with E-state index in [1.54, 1.807) is 23.1 Å². The molecule has 2 aromatic heterocycles. The van der Waals surface area contributed by atoms with Crippen LogP contribution in [0.2, 0.25) is 0 Å². The minimum absolute atomic E-state index is 0.844. The lowest BCUT2D eigenvalue weighted by Crippen LogP contribution is -1.97. The molecule has 0 spiro atoms. The Bertz CT molecular complexity index is 453. The third kappa shape index (κ3) is 3.23. The fourth-order valence-electron chi connectivity index (χ4n) is 1.24. The summed E-state index contributed by atoms with van der Waals surface area (Å²) in [7, 11) is 0. The number of pyridine rings is 1. The number of nitrogens with zero attached hydrogens (tertiary/aromatic N) is 1. The zero-order chi connectivity index (χ0) is 11.4. The van der Waals surface area contributed by atoms with Gasteiger partial charge in [-0.2, -0.15) is 0 Å². The molecule has 16 heavy (non-hydrogen) atoms. The van der Waals surface area contributed by atoms with E-state index >= 15 is 0 Å². The monoisotopic (exact) mass is 314 g/mol. The molecule has 2 nitrogen and oxygen atoms in total. The molecule has 0 aliphatic carbocycles. The van der Waals surface area contributed by atoms with Gasteiger partial charge in [-0.3, -0.25) is 0 Å². The average molecular weight is 315 g/mol. The number of aromatic nitrogens is 1. The number of rotatable bonds is 4. The van der Waals surface area contributed by atoms with Gasteiger partial charge in [0.25, 0.3) is 0 Å². The van der Waals surface area contributed by atoms with E-state index in [1.807, 2.05) is 18.5 Å². The summed E-state index contributed by atoms with van der Waals surface area (Å²) in [5, 5.41) is 4.39. The zero-order valence-electron chi connectivity index (χ0n) is 8.74. The lowest BCUT2D eigenvalue weighted by molar-refractivity contribution is 1.11. The van der Waals surface area contributed by atoms with Crippen molar-refractivity contribution in [2.24, 2.45) is 0 Å². The topological polar surface area (TPSA) is 24.9 Å². The minimum Gasteiger partial charge on any atom is -0.379 e. The van der Waals surface area contributed by atoms with Gasteiger partial charge in [-0.1, -0.05) is 0 Å². The van der Waals surface area contributed by atoms with Crippen molar-refractivity contribution in [3.8, 4) is 0 Å². The largest absolute Gasteiger partial charge is 0.379 e. The minimum atomic E-state index is 0.844. The molecule has 2 heterocycles. The molecule has 2 aromatic rings. The molecule has 0 saturated carbocycles. The van der Waals surface area contributed by atoms with E-state index in [9.17, 15) is 0 Å². The van der Waals surface area contributed by atoms with Crippen LogP contribution in [-0.2, 0) is 6.54 Å². The number of halogens is 1. The molecule has 0 amide bonds. The van der Waals surface area contributed by atoms with Crippen LogP contribution in [0.3, 0.4) is 0 Å². The molecule has 1 N–H and O–H groups in total. The number of hydrogen-bond acceptors (Lipinski definition) is 4. The first kappa shape index (κ1) is 12.0. The van der Waals surface area contributed by atoms with Crippen LogP contribution in [0.4, 0.5) is 5.69 Å². The summed E-state index contributed by atoms with van der Waals surface area (Å²) >= 11 is 6.85. The molecule has 0 fully saturated rings. The van der Waals surface area contributed by atoms with Crippen molar-refractivity contribution in [2.75, 3.05) is 11.6 Å². The van der Waals surface area contributed by atoms with Crippen LogP contribution in [0.5, 0.6) is 0 Å². The van der Waals surface area contributed by atoms with Crippen LogP contribution >= 0.6 is 39.0 Å². The van der Waals surface area contributed by atoms with Crippen molar-refractivity contribution < 1.29 is 0 Å². The van der Waals surface area contributed by atoms with Crippen molar-refractivity contribution in [1.29, 1.82) is 0 Å². The molecular weight excluding hydrogens is 304 g/mol. The number of anilines is 1. The quantitative estimate of drug-likeness (QED) is 0.854. The molecule has 84 valence electrons. The van der Waals surface area contributed by atoms with Gasteiger partial charge < -0.3 is 5.32 Å². The predicted molar refractivity (Wildman–Crippen MR) is 75.4 cm³/mol. The Hall–Kier alpha value is -0.520. The van der Waals surface area contributed by atoms with Crippen LogP contribution in [0.15, 0.2) is 39.3 Å². The van der Waals surface area contributed by atoms with E-state index in [1.165, 1.54) is 8.66 Å². The third-order valence-corrected chi connectivity index (χ3v) is 4.32. The third-order valence-electron chi connectivity index (χ3n) is 2.04. The maximum Gasteiger partial charge on any atom is 0.0958 e. The van der Waals surface area contributed by atoms with Crippen LogP contribution in [-0.4, -0.2) is 11.2 Å². The van der Waals surface area contributed by atoms with E-state index in [-0.39, 0.29) is 0 Å². The van der Waals surface area contributed by atoms with Crippen molar-refractivity contribution in [3.63, 3.8) is 0 Å². The first-order chi connectivity index (χ1) is 7.78. The van der Waals surface area contributed by atoms with Crippen molar-refractivity contribution in [1.82, 2.24) is 4.98 Å². The van der Waals surface area contributed by atoms with E-state index in [2.05, 4.69) is 44.4 Å². The van der Waals surface area contributed by atoms with Gasteiger partial charge in [0.05, 0.1) is 20.7 Å². The fourth-order valence-corrected chi connectivity index (χ4v) is 3.03. The number of thioether (sulfide) groups is 1. The highest BCUT2D eigenvalue weighted by molar-refractivity contribution is 9.11. The molecule has 5 heteroatoms. The Kier molecular flexibility index (Phi) is 4.26. The summed E-state index contributed by atoms with van der Waals surface area (Å²) in [6.45, 7) is 0.844. The normalized spacial score (nSPS) is 10.4. The van der Waals surface area contributed by atoms with Crippen molar-refractivity contribution in [3.05, 3.63) is 39.1 Å². The Morgan fingerprint density at radius 2 is 2.25 bits per heavy atom. The molecular formula is C11H11BrN2S2. The van der Waals surface area contributed by atoms with Crippen molar-refractivity contribution in [2.45, 2.75) is 11.6 Å². The average Bonchev–Trinajstić information content (AvgIpc) is 2.73. The molecule has 0 aromatic carbocycles. The Labute approximate surface area is 112 Å². The van der Waals surface area contributed by atoms with Crippen LogP contribution < -0.4 is 5.32 Å². The Morgan fingerprint density at radius 3 is 2.81 bits per heavy atom. The molecule has 0 saturated heterocycles. The van der Waals surface area contributed by atoms with Gasteiger partial charge in [-0.05, 0) is 46.5 Å². The number of hydrogen-bond donors (Lipinski definition) is 1. The van der Waals surface area contributed by atoms with E-state index in [0.29, 0.717) is 0 Å². The highest BCUT2D eigenvalue weighted by Crippen LogP contribution is 2.23. The number of nitrogens with one attached hydrogen (secondary N) is 1. The second-order valence-corrected chi connectivity index (χ2v) is 6.52. The molecule has 2 rings (SSSR count). The van der Waals surface area contributed by atoms with Gasteiger partial charge in [0, 0.05) is 11.4 Å². The van der Waals surface area contributed by atoms with Crippen LogP contribution in [0.1, 0.15) is 4.88 Å². The summed E-state index contributed by atoms with van der Waals surface area (Å²) < 4.78 is 1.17. The molecule has 0 radical (unpaired) electrons. The maximum atomic E-state index is 4.31. The van der Waals surface area contributed by atoms with Crippen LogP contribution in [0.25, 0.3) is 0 Å². The van der Waals surface area contributed by atoms with Crippen molar-refractivity contribution >= 4 is 44.7 Å². The summed E-state index contributed by atoms with van der Waals surface area (Å²) in [4.78, 5) is 5.62. The van der Waals surface area contributed by atoms with E-state index in [0.717, 1.165) is 17.3 Å². The Balaban J connectivity index is 1.94. The fraction of sp³-hybridized carbons (Fsp3) is 0.182. The zero-order valence-corrected chi connectivity index (χ0v) is 12.0. The molecule has 0 unspecified atom stereocenters. The summed E-state index contributed by atoms with van der Waals surface area (Å²) in [5.74, 6) is 0. The summed E-state index contributed by atoms with van der Waals surface area (Å²) in [6, 6.07) is 8.26. The van der Waals surface area contributed by atoms with Gasteiger partial charge in [-0.25, -0.2) is 4.98 Å². The maximum absolute atomic E-state index is 4.31.